The Labute approximate surface area is 155 Å². The van der Waals surface area contributed by atoms with Crippen LogP contribution in [0.2, 0.25) is 0 Å². The quantitative estimate of drug-likeness (QED) is 0.530. The van der Waals surface area contributed by atoms with Crippen LogP contribution in [0.4, 0.5) is 0 Å². The van der Waals surface area contributed by atoms with Gasteiger partial charge in [-0.1, -0.05) is 36.4 Å². The number of phenolic OH excluding ortho intramolecular Hbond substituents is 1. The first-order valence-corrected chi connectivity index (χ1v) is 8.17. The number of rotatable bonds is 6. The van der Waals surface area contributed by atoms with Gasteiger partial charge in [-0.2, -0.15) is 0 Å². The number of carbonyl (C=O) groups excluding carboxylic acids is 2. The Hall–Kier alpha value is -3.54. The van der Waals surface area contributed by atoms with E-state index in [4.69, 9.17) is 14.2 Å². The molecule has 6 nitrogen and oxygen atoms in total. The number of benzene rings is 3. The van der Waals surface area contributed by atoms with Crippen molar-refractivity contribution >= 4 is 22.5 Å². The Morgan fingerprint density at radius 3 is 2.11 bits per heavy atom. The monoisotopic (exact) mass is 366 g/mol. The molecule has 0 spiro atoms. The number of ether oxygens (including phenoxy) is 3. The molecule has 6 heteroatoms. The highest BCUT2D eigenvalue weighted by Crippen LogP contribution is 2.37. The van der Waals surface area contributed by atoms with E-state index < -0.39 is 12.6 Å². The van der Waals surface area contributed by atoms with Crippen LogP contribution in [0, 0.1) is 0 Å². The summed E-state index contributed by atoms with van der Waals surface area (Å²) >= 11 is 0. The van der Waals surface area contributed by atoms with Crippen molar-refractivity contribution in [2.75, 3.05) is 20.8 Å². The van der Waals surface area contributed by atoms with Crippen LogP contribution in [-0.2, 0) is 4.74 Å². The van der Waals surface area contributed by atoms with Crippen LogP contribution in [0.15, 0.2) is 54.6 Å². The Kier molecular flexibility index (Phi) is 5.26. The molecule has 0 aromatic heterocycles. The Morgan fingerprint density at radius 2 is 1.48 bits per heavy atom. The number of phenols is 1. The highest BCUT2D eigenvalue weighted by atomic mass is 16.5. The average Bonchev–Trinajstić information content (AvgIpc) is 2.71. The van der Waals surface area contributed by atoms with E-state index in [1.54, 1.807) is 12.1 Å². The Balaban J connectivity index is 1.73. The third kappa shape index (κ3) is 3.84. The van der Waals surface area contributed by atoms with E-state index >= 15 is 0 Å². The molecular formula is C21H18O6. The summed E-state index contributed by atoms with van der Waals surface area (Å²) in [5, 5.41) is 11.8. The van der Waals surface area contributed by atoms with Crippen LogP contribution in [0.25, 0.3) is 10.8 Å². The minimum absolute atomic E-state index is 0.0714. The maximum absolute atomic E-state index is 12.4. The second kappa shape index (κ2) is 7.78. The van der Waals surface area contributed by atoms with Crippen LogP contribution < -0.4 is 9.47 Å². The zero-order chi connectivity index (χ0) is 19.4. The number of esters is 1. The van der Waals surface area contributed by atoms with Crippen molar-refractivity contribution in [2.45, 2.75) is 0 Å². The molecule has 27 heavy (non-hydrogen) atoms. The van der Waals surface area contributed by atoms with Gasteiger partial charge in [0.1, 0.15) is 0 Å². The SMILES string of the molecule is COc1cc(C(=O)OCC(=O)c2ccc3ccccc3c2)cc(OC)c1O. The fourth-order valence-electron chi connectivity index (χ4n) is 2.67. The zero-order valence-electron chi connectivity index (χ0n) is 14.9. The van der Waals surface area contributed by atoms with E-state index in [-0.39, 0.29) is 28.6 Å². The summed E-state index contributed by atoms with van der Waals surface area (Å²) in [6.45, 7) is -0.400. The van der Waals surface area contributed by atoms with Gasteiger partial charge in [-0.25, -0.2) is 4.79 Å². The maximum Gasteiger partial charge on any atom is 0.338 e. The van der Waals surface area contributed by atoms with Crippen LogP contribution in [0.3, 0.4) is 0 Å². The average molecular weight is 366 g/mol. The van der Waals surface area contributed by atoms with Gasteiger partial charge >= 0.3 is 5.97 Å². The molecule has 1 N–H and O–H groups in total. The highest BCUT2D eigenvalue weighted by molar-refractivity contribution is 6.02. The predicted octanol–water partition coefficient (Wildman–Crippen LogP) is 3.60. The summed E-state index contributed by atoms with van der Waals surface area (Å²) in [5.41, 5.74) is 0.565. The number of ketones is 1. The lowest BCUT2D eigenvalue weighted by molar-refractivity contribution is 0.0474. The topological polar surface area (TPSA) is 82.1 Å². The predicted molar refractivity (Wildman–Crippen MR) is 99.8 cm³/mol. The number of hydrogen-bond donors (Lipinski definition) is 1. The number of fused-ring (bicyclic) bond motifs is 1. The molecule has 3 aromatic carbocycles. The largest absolute Gasteiger partial charge is 0.502 e. The van der Waals surface area contributed by atoms with Gasteiger partial charge in [0.05, 0.1) is 19.8 Å². The zero-order valence-corrected chi connectivity index (χ0v) is 14.9. The molecule has 3 rings (SSSR count). The fourth-order valence-corrected chi connectivity index (χ4v) is 2.67. The summed E-state index contributed by atoms with van der Waals surface area (Å²) in [4.78, 5) is 24.6. The van der Waals surface area contributed by atoms with E-state index in [0.717, 1.165) is 10.8 Å². The van der Waals surface area contributed by atoms with E-state index in [1.807, 2.05) is 30.3 Å². The maximum atomic E-state index is 12.4. The van der Waals surface area contributed by atoms with E-state index in [9.17, 15) is 14.7 Å². The molecule has 0 aliphatic rings. The second-order valence-corrected chi connectivity index (χ2v) is 5.79. The molecule has 3 aromatic rings. The van der Waals surface area contributed by atoms with Crippen molar-refractivity contribution in [1.29, 1.82) is 0 Å². The molecular weight excluding hydrogens is 348 g/mol. The summed E-state index contributed by atoms with van der Waals surface area (Å²) in [5.74, 6) is -1.11. The number of carbonyl (C=O) groups is 2. The lowest BCUT2D eigenvalue weighted by Gasteiger charge is -2.11. The summed E-state index contributed by atoms with van der Waals surface area (Å²) < 4.78 is 15.1. The van der Waals surface area contributed by atoms with Crippen molar-refractivity contribution < 1.29 is 28.9 Å². The molecule has 0 fully saturated rings. The fraction of sp³-hybridized carbons (Fsp3) is 0.143. The molecule has 0 bridgehead atoms. The lowest BCUT2D eigenvalue weighted by atomic mass is 10.0. The van der Waals surface area contributed by atoms with Crippen molar-refractivity contribution in [1.82, 2.24) is 0 Å². The normalized spacial score (nSPS) is 10.4. The second-order valence-electron chi connectivity index (χ2n) is 5.79. The van der Waals surface area contributed by atoms with E-state index in [1.165, 1.54) is 26.4 Å². The molecule has 0 amide bonds. The van der Waals surface area contributed by atoms with Gasteiger partial charge in [-0.3, -0.25) is 4.79 Å². The van der Waals surface area contributed by atoms with Crippen molar-refractivity contribution in [3.63, 3.8) is 0 Å². The van der Waals surface area contributed by atoms with Crippen LogP contribution in [0.1, 0.15) is 20.7 Å². The Bertz CT molecular complexity index is 983. The van der Waals surface area contributed by atoms with Crippen LogP contribution in [0.5, 0.6) is 17.2 Å². The number of aromatic hydroxyl groups is 1. The molecule has 0 saturated carbocycles. The molecule has 0 aliphatic carbocycles. The van der Waals surface area contributed by atoms with Gasteiger partial charge in [-0.15, -0.1) is 0 Å². The van der Waals surface area contributed by atoms with Crippen molar-refractivity contribution in [2.24, 2.45) is 0 Å². The van der Waals surface area contributed by atoms with Crippen molar-refractivity contribution in [3.05, 3.63) is 65.7 Å². The molecule has 0 heterocycles. The number of methoxy groups -OCH3 is 2. The summed E-state index contributed by atoms with van der Waals surface area (Å²) in [6.07, 6.45) is 0. The molecule has 0 radical (unpaired) electrons. The smallest absolute Gasteiger partial charge is 0.338 e. The summed E-state index contributed by atoms with van der Waals surface area (Å²) in [6, 6.07) is 15.6. The van der Waals surface area contributed by atoms with Gasteiger partial charge in [0.25, 0.3) is 0 Å². The third-order valence-corrected chi connectivity index (χ3v) is 4.12. The third-order valence-electron chi connectivity index (χ3n) is 4.12. The number of Topliss-reactive ketones (excluding diaryl/α,β-unsaturated/α-hetero) is 1. The van der Waals surface area contributed by atoms with Gasteiger partial charge in [0.2, 0.25) is 5.75 Å². The first-order valence-electron chi connectivity index (χ1n) is 8.17. The molecule has 0 aliphatic heterocycles. The molecule has 0 unspecified atom stereocenters. The number of hydrogen-bond acceptors (Lipinski definition) is 6. The first kappa shape index (κ1) is 18.3. The molecule has 0 atom stereocenters. The van der Waals surface area contributed by atoms with Crippen LogP contribution in [-0.4, -0.2) is 37.7 Å². The van der Waals surface area contributed by atoms with E-state index in [0.29, 0.717) is 5.56 Å². The van der Waals surface area contributed by atoms with Gasteiger partial charge in [0, 0.05) is 5.56 Å². The molecule has 138 valence electrons. The minimum atomic E-state index is -0.722. The summed E-state index contributed by atoms with van der Waals surface area (Å²) in [7, 11) is 2.71. The van der Waals surface area contributed by atoms with E-state index in [2.05, 4.69) is 0 Å². The van der Waals surface area contributed by atoms with Gasteiger partial charge < -0.3 is 19.3 Å². The minimum Gasteiger partial charge on any atom is -0.502 e. The van der Waals surface area contributed by atoms with Gasteiger partial charge in [0.15, 0.2) is 23.9 Å². The molecule has 0 saturated heterocycles. The highest BCUT2D eigenvalue weighted by Gasteiger charge is 2.18. The lowest BCUT2D eigenvalue weighted by Crippen LogP contribution is -2.14. The van der Waals surface area contributed by atoms with Gasteiger partial charge in [-0.05, 0) is 29.0 Å². The Morgan fingerprint density at radius 1 is 0.852 bits per heavy atom. The van der Waals surface area contributed by atoms with Crippen molar-refractivity contribution in [3.8, 4) is 17.2 Å². The van der Waals surface area contributed by atoms with Crippen LogP contribution >= 0.6 is 0 Å². The standard InChI is InChI=1S/C21H18O6/c1-25-18-10-16(11-19(26-2)20(18)23)21(24)27-12-17(22)15-8-7-13-5-3-4-6-14(13)9-15/h3-11,23H,12H2,1-2H3. The first-order chi connectivity index (χ1) is 13.0.